The van der Waals surface area contributed by atoms with Crippen LogP contribution >= 0.6 is 116 Å². The Morgan fingerprint density at radius 3 is 1.55 bits per heavy atom. The topological polar surface area (TPSA) is 0 Å². The molecule has 0 atom stereocenters. The molecule has 0 N–H and O–H groups in total. The highest BCUT2D eigenvalue weighted by Crippen LogP contribution is 2.56. The zero-order chi connectivity index (χ0) is 17.6. The van der Waals surface area contributed by atoms with Gasteiger partial charge >= 0.3 is 0 Å². The van der Waals surface area contributed by atoms with E-state index in [0.717, 1.165) is 5.56 Å². The highest BCUT2D eigenvalue weighted by Gasteiger charge is 2.51. The number of aryl methyl sites for hydroxylation is 1. The maximum absolute atomic E-state index is 6.24. The van der Waals surface area contributed by atoms with Gasteiger partial charge in [-0.1, -0.05) is 135 Å². The van der Waals surface area contributed by atoms with Gasteiger partial charge in [-0.25, -0.2) is 0 Å². The highest BCUT2D eigenvalue weighted by molar-refractivity contribution is 6.76. The van der Waals surface area contributed by atoms with Crippen molar-refractivity contribution < 1.29 is 0 Å². The Morgan fingerprint density at radius 2 is 1.18 bits per heavy atom. The van der Waals surface area contributed by atoms with Crippen LogP contribution < -0.4 is 0 Å². The lowest BCUT2D eigenvalue weighted by molar-refractivity contribution is 0.829. The Bertz CT molecular complexity index is 538. The van der Waals surface area contributed by atoms with Gasteiger partial charge in [0, 0.05) is 0 Å². The van der Waals surface area contributed by atoms with Crippen LogP contribution in [0.4, 0.5) is 0 Å². The van der Waals surface area contributed by atoms with E-state index >= 15 is 0 Å². The molecule has 1 aromatic rings. The van der Waals surface area contributed by atoms with E-state index in [-0.39, 0.29) is 5.56 Å². The summed E-state index contributed by atoms with van der Waals surface area (Å²) in [7, 11) is 0. The average Bonchev–Trinajstić information content (AvgIpc) is 2.35. The van der Waals surface area contributed by atoms with Crippen LogP contribution in [0.25, 0.3) is 0 Å². The summed E-state index contributed by atoms with van der Waals surface area (Å²) < 4.78 is -7.70. The normalized spacial score (nSPS) is 14.3. The second-order valence-electron chi connectivity index (χ2n) is 4.37. The van der Waals surface area contributed by atoms with Crippen molar-refractivity contribution in [2.24, 2.45) is 0 Å². The minimum Gasteiger partial charge on any atom is -0.0915 e. The molecule has 126 valence electrons. The van der Waals surface area contributed by atoms with Gasteiger partial charge in [0.2, 0.25) is 7.59 Å². The lowest BCUT2D eigenvalue weighted by atomic mass is 9.98. The van der Waals surface area contributed by atoms with Crippen LogP contribution in [0, 0.1) is 0 Å². The number of hydrogen-bond donors (Lipinski definition) is 0. The molecule has 0 aliphatic rings. The van der Waals surface area contributed by atoms with Crippen LogP contribution in [0.15, 0.2) is 18.2 Å². The molecule has 0 saturated carbocycles. The van der Waals surface area contributed by atoms with Crippen molar-refractivity contribution in [1.29, 1.82) is 0 Å². The summed E-state index contributed by atoms with van der Waals surface area (Å²) in [6, 6.07) is 4.73. The predicted octanol–water partition coefficient (Wildman–Crippen LogP) is 8.25. The molecule has 0 fully saturated rings. The lowest BCUT2D eigenvalue weighted by Gasteiger charge is -2.33. The second kappa shape index (κ2) is 7.39. The van der Waals surface area contributed by atoms with E-state index in [1.165, 1.54) is 6.07 Å². The Kier molecular flexibility index (Phi) is 7.45. The number of halogens is 10. The van der Waals surface area contributed by atoms with E-state index < -0.39 is 16.3 Å². The fourth-order valence-electron chi connectivity index (χ4n) is 1.69. The minimum atomic E-state index is -2.00. The van der Waals surface area contributed by atoms with Gasteiger partial charge in [0.05, 0.1) is 0 Å². The van der Waals surface area contributed by atoms with Gasteiger partial charge in [-0.2, -0.15) is 0 Å². The summed E-state index contributed by atoms with van der Waals surface area (Å²) in [5, 5.41) is 0. The Labute approximate surface area is 179 Å². The molecule has 0 aliphatic heterocycles. The fraction of sp³-hybridized carbons (Fsp3) is 0.500. The molecular weight excluding hydrogens is 499 g/mol. The molecule has 22 heavy (non-hydrogen) atoms. The van der Waals surface area contributed by atoms with Crippen molar-refractivity contribution in [1.82, 2.24) is 0 Å². The van der Waals surface area contributed by atoms with Crippen molar-refractivity contribution in [2.45, 2.75) is 29.6 Å². The van der Waals surface area contributed by atoms with Gasteiger partial charge in [-0.3, -0.25) is 0 Å². The van der Waals surface area contributed by atoms with Gasteiger partial charge < -0.3 is 0 Å². The van der Waals surface area contributed by atoms with Crippen LogP contribution in [0.2, 0.25) is 0 Å². The molecule has 0 spiro atoms. The van der Waals surface area contributed by atoms with Gasteiger partial charge in [-0.15, -0.1) is 0 Å². The Hall–Kier alpha value is 2.12. The summed E-state index contributed by atoms with van der Waals surface area (Å²) in [4.78, 5) is 0. The summed E-state index contributed by atoms with van der Waals surface area (Å²) in [5.41, 5.74) is 1.30. The maximum atomic E-state index is 6.24. The van der Waals surface area contributed by atoms with E-state index in [9.17, 15) is 0 Å². The largest absolute Gasteiger partial charge is 0.227 e. The lowest BCUT2D eigenvalue weighted by Crippen LogP contribution is -2.32. The van der Waals surface area contributed by atoms with Crippen molar-refractivity contribution in [2.75, 3.05) is 0 Å². The van der Waals surface area contributed by atoms with Crippen LogP contribution in [0.5, 0.6) is 0 Å². The molecule has 0 bridgehead atoms. The van der Waals surface area contributed by atoms with Crippen LogP contribution in [-0.4, -0.2) is 7.59 Å². The van der Waals surface area contributed by atoms with E-state index in [1.807, 2.05) is 6.92 Å². The molecule has 1 aromatic carbocycles. The predicted molar refractivity (Wildman–Crippen MR) is 103 cm³/mol. The molecule has 0 aromatic heterocycles. The van der Waals surface area contributed by atoms with Crippen molar-refractivity contribution in [3.05, 3.63) is 34.9 Å². The summed E-state index contributed by atoms with van der Waals surface area (Å²) in [6.07, 6.45) is 0.572. The molecule has 0 radical (unpaired) electrons. The van der Waals surface area contributed by atoms with Gasteiger partial charge in [0.15, 0.2) is 8.67 Å². The third-order valence-electron chi connectivity index (χ3n) is 2.90. The number of hydrogen-bond acceptors (Lipinski definition) is 0. The monoisotopic (exact) mass is 502 g/mol. The molecule has 1 rings (SSSR count). The number of alkyl halides is 10. The standard InChI is InChI=1S/C12H8Cl10/c1-2-6-3-4-7(9(13,14)11(17,18)19)5-8(6)10(15,16)12(20,21)22/h3-5H,2H2,1H3. The first-order valence-electron chi connectivity index (χ1n) is 5.69. The minimum absolute atomic E-state index is 0.253. The smallest absolute Gasteiger partial charge is 0.0915 e. The summed E-state index contributed by atoms with van der Waals surface area (Å²) in [6.45, 7) is 1.88. The molecule has 0 saturated heterocycles. The van der Waals surface area contributed by atoms with Crippen molar-refractivity contribution >= 4 is 116 Å². The van der Waals surface area contributed by atoms with Gasteiger partial charge in [0.1, 0.15) is 0 Å². The molecule has 0 amide bonds. The SMILES string of the molecule is CCc1ccc(C(Cl)(Cl)C(Cl)(Cl)Cl)cc1C(Cl)(Cl)C(Cl)(Cl)Cl. The van der Waals surface area contributed by atoms with E-state index in [4.69, 9.17) is 116 Å². The third-order valence-corrected chi connectivity index (χ3v) is 7.74. The highest BCUT2D eigenvalue weighted by atomic mass is 35.6. The fourth-order valence-corrected chi connectivity index (χ4v) is 2.91. The molecule has 10 heteroatoms. The second-order valence-corrected chi connectivity index (χ2v) is 11.6. The zero-order valence-electron chi connectivity index (χ0n) is 10.7. The molecule has 0 nitrogen and oxygen atoms in total. The van der Waals surface area contributed by atoms with Gasteiger partial charge in [-0.05, 0) is 29.2 Å². The molecule has 0 aliphatic carbocycles. The van der Waals surface area contributed by atoms with Crippen LogP contribution in [0.1, 0.15) is 23.6 Å². The first kappa shape index (κ1) is 22.2. The first-order chi connectivity index (χ1) is 9.66. The van der Waals surface area contributed by atoms with Crippen LogP contribution in [0.3, 0.4) is 0 Å². The molecule has 0 heterocycles. The number of rotatable bonds is 3. The van der Waals surface area contributed by atoms with E-state index in [2.05, 4.69) is 0 Å². The Balaban J connectivity index is 3.57. The van der Waals surface area contributed by atoms with E-state index in [1.54, 1.807) is 12.1 Å². The van der Waals surface area contributed by atoms with Crippen molar-refractivity contribution in [3.63, 3.8) is 0 Å². The molecule has 0 unspecified atom stereocenters. The van der Waals surface area contributed by atoms with Gasteiger partial charge in [0.25, 0.3) is 0 Å². The third kappa shape index (κ3) is 4.44. The van der Waals surface area contributed by atoms with E-state index in [0.29, 0.717) is 12.0 Å². The first-order valence-corrected chi connectivity index (χ1v) is 9.47. The average molecular weight is 507 g/mol. The molecular formula is C12H8Cl10. The summed E-state index contributed by atoms with van der Waals surface area (Å²) in [5.74, 6) is 0. The maximum Gasteiger partial charge on any atom is 0.227 e. The van der Waals surface area contributed by atoms with Crippen molar-refractivity contribution in [3.8, 4) is 0 Å². The number of benzene rings is 1. The quantitative estimate of drug-likeness (QED) is 0.362. The van der Waals surface area contributed by atoms with Crippen LogP contribution in [-0.2, 0) is 15.1 Å². The zero-order valence-corrected chi connectivity index (χ0v) is 18.3. The Morgan fingerprint density at radius 1 is 0.727 bits per heavy atom. The summed E-state index contributed by atoms with van der Waals surface area (Å²) >= 11 is 59.8.